The molecule has 10 aromatic carbocycles. The minimum absolute atomic E-state index is 0.0315. The van der Waals surface area contributed by atoms with Crippen LogP contribution < -0.4 is 0 Å². The summed E-state index contributed by atoms with van der Waals surface area (Å²) in [5.41, 5.74) is 21.4. The van der Waals surface area contributed by atoms with Crippen molar-refractivity contribution in [2.24, 2.45) is 0 Å². The highest BCUT2D eigenvalue weighted by atomic mass is 15.0. The second-order valence-corrected chi connectivity index (χ2v) is 19.5. The second-order valence-electron chi connectivity index (χ2n) is 19.5. The zero-order valence-electron chi connectivity index (χ0n) is 40.6. The lowest BCUT2D eigenvalue weighted by molar-refractivity contribution is 0.754. The summed E-state index contributed by atoms with van der Waals surface area (Å²) in [6.07, 6.45) is 0. The van der Waals surface area contributed by atoms with Crippen LogP contribution in [0.15, 0.2) is 255 Å². The molecular weight excluding hydrogens is 913 g/mol. The molecule has 3 aliphatic carbocycles. The molecule has 3 heterocycles. The third kappa shape index (κ3) is 7.13. The number of nitrogens with zero attached hydrogens (tertiary/aromatic N) is 6. The predicted molar refractivity (Wildman–Crippen MR) is 303 cm³/mol. The summed E-state index contributed by atoms with van der Waals surface area (Å²) in [4.78, 5) is 25.9. The number of aromatic nitrogens is 6. The molecule has 0 N–H and O–H groups in total. The van der Waals surface area contributed by atoms with Gasteiger partial charge in [0, 0.05) is 61.7 Å². The van der Waals surface area contributed by atoms with Crippen LogP contribution in [0.1, 0.15) is 45.2 Å². The first kappa shape index (κ1) is 42.7. The summed E-state index contributed by atoms with van der Waals surface area (Å²) in [5.74, 6) is 2.71. The molecule has 3 aromatic heterocycles. The van der Waals surface area contributed by atoms with E-state index in [1.54, 1.807) is 0 Å². The van der Waals surface area contributed by atoms with Crippen LogP contribution in [0.5, 0.6) is 0 Å². The van der Waals surface area contributed by atoms with Crippen molar-refractivity contribution in [3.63, 3.8) is 0 Å². The van der Waals surface area contributed by atoms with Crippen LogP contribution in [0.25, 0.3) is 107 Å². The van der Waals surface area contributed by atoms with Gasteiger partial charge in [-0.15, -0.1) is 0 Å². The average Bonchev–Trinajstić information content (AvgIpc) is 3.91. The molecule has 6 heteroatoms. The van der Waals surface area contributed by atoms with Crippen molar-refractivity contribution in [3.05, 3.63) is 288 Å². The molecule has 0 radical (unpaired) electrons. The lowest BCUT2D eigenvalue weighted by Gasteiger charge is -2.42. The van der Waals surface area contributed by atoms with Gasteiger partial charge in [-0.2, -0.15) is 0 Å². The Kier molecular flexibility index (Phi) is 9.91. The Morgan fingerprint density at radius 2 is 0.693 bits per heavy atom. The quantitative estimate of drug-likeness (QED) is 0.152. The molecule has 2 atom stereocenters. The number of hydrogen-bond donors (Lipinski definition) is 0. The first-order valence-electron chi connectivity index (χ1n) is 25.6. The van der Waals surface area contributed by atoms with E-state index in [4.69, 9.17) is 24.9 Å². The maximum Gasteiger partial charge on any atom is 0.164 e. The molecule has 3 aliphatic rings. The van der Waals surface area contributed by atoms with Gasteiger partial charge in [-0.1, -0.05) is 206 Å². The van der Waals surface area contributed by atoms with Gasteiger partial charge >= 0.3 is 0 Å². The van der Waals surface area contributed by atoms with E-state index in [0.29, 0.717) is 23.3 Å². The van der Waals surface area contributed by atoms with Crippen LogP contribution >= 0.6 is 0 Å². The summed E-state index contributed by atoms with van der Waals surface area (Å²) < 4.78 is 2.38. The van der Waals surface area contributed by atoms with E-state index in [0.717, 1.165) is 56.0 Å². The fourth-order valence-electron chi connectivity index (χ4n) is 11.9. The zero-order chi connectivity index (χ0) is 49.4. The van der Waals surface area contributed by atoms with Crippen molar-refractivity contribution in [2.75, 3.05) is 0 Å². The van der Waals surface area contributed by atoms with Crippen LogP contribution in [0.4, 0.5) is 0 Å². The number of fused-ring (bicyclic) bond motifs is 3. The van der Waals surface area contributed by atoms with E-state index in [1.165, 1.54) is 60.8 Å². The van der Waals surface area contributed by atoms with Crippen LogP contribution in [-0.2, 0) is 0 Å². The van der Waals surface area contributed by atoms with E-state index in [1.807, 2.05) is 42.5 Å². The molecular formula is C69H44N6. The monoisotopic (exact) mass is 956 g/mol. The van der Waals surface area contributed by atoms with Crippen molar-refractivity contribution in [3.8, 4) is 84.9 Å². The van der Waals surface area contributed by atoms with E-state index < -0.39 is 0 Å². The van der Waals surface area contributed by atoms with Crippen molar-refractivity contribution in [1.29, 1.82) is 0 Å². The lowest BCUT2D eigenvalue weighted by atomic mass is 9.60. The van der Waals surface area contributed by atoms with Gasteiger partial charge in [0.1, 0.15) is 0 Å². The molecule has 0 amide bonds. The van der Waals surface area contributed by atoms with Crippen LogP contribution in [0, 0.1) is 0 Å². The maximum absolute atomic E-state index is 5.36. The highest BCUT2D eigenvalue weighted by Crippen LogP contribution is 2.57. The Morgan fingerprint density at radius 3 is 1.31 bits per heavy atom. The normalized spacial score (nSPS) is 14.1. The summed E-state index contributed by atoms with van der Waals surface area (Å²) in [6, 6.07) is 90.5. The molecule has 0 aliphatic heterocycles. The number of hydrogen-bond acceptors (Lipinski definition) is 5. The Labute approximate surface area is 434 Å². The number of para-hydroxylation sites is 2. The van der Waals surface area contributed by atoms with Gasteiger partial charge in [-0.25, -0.2) is 24.9 Å². The molecule has 0 spiro atoms. The maximum atomic E-state index is 5.36. The third-order valence-corrected chi connectivity index (χ3v) is 15.2. The van der Waals surface area contributed by atoms with Crippen molar-refractivity contribution < 1.29 is 0 Å². The number of benzene rings is 10. The summed E-state index contributed by atoms with van der Waals surface area (Å²) in [6.45, 7) is 0. The highest BCUT2D eigenvalue weighted by molar-refractivity contribution is 6.16. The molecule has 75 heavy (non-hydrogen) atoms. The molecule has 0 saturated carbocycles. The highest BCUT2D eigenvalue weighted by Gasteiger charge is 2.41. The SMILES string of the molecule is c1ccc(-c2nc(-c3cccc(-c4cccc5c4c4ccccc4n5-c4ccccc4)c3)cc(-c3ccc4c(c3)C3c5ccccc5C4c4cc(-c5nc(-c6ccccc6)nc(-c6ccccc6)n5)ccc43)n2)cc1. The van der Waals surface area contributed by atoms with E-state index in [2.05, 4.69) is 217 Å². The topological polar surface area (TPSA) is 69.4 Å². The van der Waals surface area contributed by atoms with Gasteiger partial charge in [-0.3, -0.25) is 0 Å². The van der Waals surface area contributed by atoms with Crippen LogP contribution in [-0.4, -0.2) is 29.5 Å². The largest absolute Gasteiger partial charge is 0.309 e. The Bertz CT molecular complexity index is 4300. The summed E-state index contributed by atoms with van der Waals surface area (Å²) in [7, 11) is 0. The first-order valence-corrected chi connectivity index (χ1v) is 25.6. The lowest BCUT2D eigenvalue weighted by Crippen LogP contribution is -2.27. The Morgan fingerprint density at radius 1 is 0.267 bits per heavy atom. The van der Waals surface area contributed by atoms with Gasteiger partial charge in [0.05, 0.1) is 22.4 Å². The van der Waals surface area contributed by atoms with E-state index >= 15 is 0 Å². The zero-order valence-corrected chi connectivity index (χ0v) is 40.6. The van der Waals surface area contributed by atoms with Crippen molar-refractivity contribution in [1.82, 2.24) is 29.5 Å². The number of rotatable bonds is 8. The van der Waals surface area contributed by atoms with Crippen molar-refractivity contribution in [2.45, 2.75) is 11.8 Å². The van der Waals surface area contributed by atoms with Gasteiger partial charge in [0.15, 0.2) is 23.3 Å². The molecule has 2 unspecified atom stereocenters. The minimum Gasteiger partial charge on any atom is -0.309 e. The molecule has 0 fully saturated rings. The minimum atomic E-state index is 0.0315. The smallest absolute Gasteiger partial charge is 0.164 e. The fraction of sp³-hybridized carbons (Fsp3) is 0.0290. The van der Waals surface area contributed by atoms with E-state index in [-0.39, 0.29) is 11.8 Å². The Hall–Kier alpha value is -9.91. The summed E-state index contributed by atoms with van der Waals surface area (Å²) >= 11 is 0. The van der Waals surface area contributed by atoms with Crippen LogP contribution in [0.3, 0.4) is 0 Å². The molecule has 13 aromatic rings. The molecule has 16 rings (SSSR count). The van der Waals surface area contributed by atoms with E-state index in [9.17, 15) is 0 Å². The second kappa shape index (κ2) is 17.4. The van der Waals surface area contributed by atoms with Gasteiger partial charge in [0.2, 0.25) is 0 Å². The fourth-order valence-corrected chi connectivity index (χ4v) is 11.9. The molecule has 2 bridgehead atoms. The van der Waals surface area contributed by atoms with Gasteiger partial charge in [-0.05, 0) is 93.0 Å². The Balaban J connectivity index is 0.845. The molecule has 0 saturated heterocycles. The predicted octanol–water partition coefficient (Wildman–Crippen LogP) is 16.4. The standard InChI is InChI=1S/C69H44N6/c1-5-19-43(20-6-1)66-70-59(47-26-17-25-46(39-47)51-32-18-34-62-65(51)56-31-15-16-33-61(56)75(62)50-27-11-4-12-28-50)42-60(71-66)48-35-37-54-57(40-48)63-52-29-13-14-30-53(52)64(54)58-41-49(36-38-55(58)63)69-73-67(44-21-7-2-8-22-44)72-68(74-69)45-23-9-3-10-24-45/h1-42,63-64H. The third-order valence-electron chi connectivity index (χ3n) is 15.2. The van der Waals surface area contributed by atoms with Crippen molar-refractivity contribution >= 4 is 21.8 Å². The molecule has 350 valence electrons. The van der Waals surface area contributed by atoms with Gasteiger partial charge < -0.3 is 4.57 Å². The average molecular weight is 957 g/mol. The van der Waals surface area contributed by atoms with Crippen LogP contribution in [0.2, 0.25) is 0 Å². The first-order chi connectivity index (χ1) is 37.2. The summed E-state index contributed by atoms with van der Waals surface area (Å²) in [5, 5.41) is 2.45. The molecule has 6 nitrogen and oxygen atoms in total. The van der Waals surface area contributed by atoms with Gasteiger partial charge in [0.25, 0.3) is 0 Å².